The minimum absolute atomic E-state index is 0.124. The number of rotatable bonds is 3. The SMILES string of the molecule is CC(=O)c1cccc(O)c1C(=O)C(C)C. The molecular formula is C12H14O3. The van der Waals surface area contributed by atoms with Gasteiger partial charge >= 0.3 is 0 Å². The Morgan fingerprint density at radius 1 is 1.27 bits per heavy atom. The minimum atomic E-state index is -0.239. The monoisotopic (exact) mass is 206 g/mol. The van der Waals surface area contributed by atoms with Crippen LogP contribution in [0.15, 0.2) is 18.2 Å². The van der Waals surface area contributed by atoms with E-state index < -0.39 is 0 Å². The molecule has 3 nitrogen and oxygen atoms in total. The van der Waals surface area contributed by atoms with Gasteiger partial charge in [0.15, 0.2) is 11.6 Å². The summed E-state index contributed by atoms with van der Waals surface area (Å²) in [5, 5.41) is 9.59. The van der Waals surface area contributed by atoms with E-state index in [0.717, 1.165) is 0 Å². The third kappa shape index (κ3) is 2.24. The van der Waals surface area contributed by atoms with Gasteiger partial charge in [-0.15, -0.1) is 0 Å². The first-order valence-electron chi connectivity index (χ1n) is 4.82. The second-order valence-electron chi connectivity index (χ2n) is 3.77. The third-order valence-corrected chi connectivity index (χ3v) is 2.19. The van der Waals surface area contributed by atoms with Gasteiger partial charge in [0, 0.05) is 11.5 Å². The lowest BCUT2D eigenvalue weighted by Crippen LogP contribution is -2.12. The van der Waals surface area contributed by atoms with Crippen molar-refractivity contribution in [2.75, 3.05) is 0 Å². The number of phenolic OH excluding ortho intramolecular Hbond substituents is 1. The van der Waals surface area contributed by atoms with Crippen LogP contribution in [-0.4, -0.2) is 16.7 Å². The molecule has 0 spiro atoms. The van der Waals surface area contributed by atoms with Crippen LogP contribution >= 0.6 is 0 Å². The molecule has 0 atom stereocenters. The molecule has 0 heterocycles. The first-order chi connectivity index (χ1) is 6.95. The molecule has 0 radical (unpaired) electrons. The molecule has 0 amide bonds. The van der Waals surface area contributed by atoms with Gasteiger partial charge in [-0.1, -0.05) is 26.0 Å². The molecule has 1 aromatic carbocycles. The Bertz CT molecular complexity index is 405. The van der Waals surface area contributed by atoms with Crippen LogP contribution in [-0.2, 0) is 0 Å². The average Bonchev–Trinajstić information content (AvgIpc) is 2.16. The Morgan fingerprint density at radius 2 is 1.87 bits per heavy atom. The van der Waals surface area contributed by atoms with Crippen molar-refractivity contribution in [2.45, 2.75) is 20.8 Å². The fourth-order valence-electron chi connectivity index (χ4n) is 1.38. The molecule has 1 rings (SSSR count). The van der Waals surface area contributed by atoms with E-state index in [1.807, 2.05) is 0 Å². The van der Waals surface area contributed by atoms with Crippen LogP contribution in [0.1, 0.15) is 41.5 Å². The van der Waals surface area contributed by atoms with Gasteiger partial charge in [-0.05, 0) is 13.0 Å². The minimum Gasteiger partial charge on any atom is -0.507 e. The van der Waals surface area contributed by atoms with Crippen molar-refractivity contribution < 1.29 is 14.7 Å². The van der Waals surface area contributed by atoms with Gasteiger partial charge < -0.3 is 5.11 Å². The number of ketones is 2. The lowest BCUT2D eigenvalue weighted by molar-refractivity contribution is 0.0923. The molecular weight excluding hydrogens is 192 g/mol. The fraction of sp³-hybridized carbons (Fsp3) is 0.333. The van der Waals surface area contributed by atoms with E-state index in [9.17, 15) is 14.7 Å². The number of carbonyl (C=O) groups is 2. The zero-order valence-electron chi connectivity index (χ0n) is 9.07. The lowest BCUT2D eigenvalue weighted by Gasteiger charge is -2.10. The van der Waals surface area contributed by atoms with E-state index in [0.29, 0.717) is 0 Å². The average molecular weight is 206 g/mol. The number of aromatic hydroxyl groups is 1. The van der Waals surface area contributed by atoms with Gasteiger partial charge in [-0.25, -0.2) is 0 Å². The highest BCUT2D eigenvalue weighted by Crippen LogP contribution is 2.24. The van der Waals surface area contributed by atoms with E-state index in [1.165, 1.54) is 13.0 Å². The Labute approximate surface area is 88.7 Å². The summed E-state index contributed by atoms with van der Waals surface area (Å²) in [7, 11) is 0. The van der Waals surface area contributed by atoms with Crippen LogP contribution in [0, 0.1) is 5.92 Å². The molecule has 0 saturated carbocycles. The maximum atomic E-state index is 11.8. The highest BCUT2D eigenvalue weighted by Gasteiger charge is 2.20. The van der Waals surface area contributed by atoms with E-state index in [1.54, 1.807) is 26.0 Å². The van der Waals surface area contributed by atoms with Crippen LogP contribution in [0.3, 0.4) is 0 Å². The highest BCUT2D eigenvalue weighted by atomic mass is 16.3. The predicted octanol–water partition coefficient (Wildman–Crippen LogP) is 2.43. The molecule has 1 N–H and O–H groups in total. The molecule has 0 unspecified atom stereocenters. The van der Waals surface area contributed by atoms with Crippen LogP contribution in [0.4, 0.5) is 0 Å². The topological polar surface area (TPSA) is 54.4 Å². The van der Waals surface area contributed by atoms with Crippen molar-refractivity contribution in [3.05, 3.63) is 29.3 Å². The maximum Gasteiger partial charge on any atom is 0.169 e. The number of hydrogen-bond acceptors (Lipinski definition) is 3. The van der Waals surface area contributed by atoms with Crippen LogP contribution in [0.5, 0.6) is 5.75 Å². The number of carbonyl (C=O) groups excluding carboxylic acids is 2. The first kappa shape index (κ1) is 11.4. The van der Waals surface area contributed by atoms with E-state index >= 15 is 0 Å². The maximum absolute atomic E-state index is 11.8. The zero-order chi connectivity index (χ0) is 11.6. The summed E-state index contributed by atoms with van der Waals surface area (Å²) in [4.78, 5) is 23.1. The standard InChI is InChI=1S/C12H14O3/c1-7(2)12(15)11-9(8(3)13)5-4-6-10(11)14/h4-7,14H,1-3H3. The third-order valence-electron chi connectivity index (χ3n) is 2.19. The fourth-order valence-corrected chi connectivity index (χ4v) is 1.38. The molecule has 80 valence electrons. The molecule has 0 aliphatic heterocycles. The van der Waals surface area contributed by atoms with Gasteiger partial charge in [0.25, 0.3) is 0 Å². The van der Waals surface area contributed by atoms with Crippen molar-refractivity contribution in [2.24, 2.45) is 5.92 Å². The molecule has 0 saturated heterocycles. The quantitative estimate of drug-likeness (QED) is 0.773. The summed E-state index contributed by atoms with van der Waals surface area (Å²) in [6, 6.07) is 4.53. The summed E-state index contributed by atoms with van der Waals surface area (Å²) in [5.74, 6) is -0.786. The van der Waals surface area contributed by atoms with Crippen LogP contribution in [0.25, 0.3) is 0 Å². The van der Waals surface area contributed by atoms with Crippen LogP contribution in [0.2, 0.25) is 0 Å². The largest absolute Gasteiger partial charge is 0.507 e. The highest BCUT2D eigenvalue weighted by molar-refractivity contribution is 6.10. The van der Waals surface area contributed by atoms with E-state index in [-0.39, 0.29) is 34.4 Å². The molecule has 0 aliphatic rings. The molecule has 3 heteroatoms. The number of phenols is 1. The molecule has 0 aromatic heterocycles. The van der Waals surface area contributed by atoms with Crippen molar-refractivity contribution in [3.63, 3.8) is 0 Å². The molecule has 15 heavy (non-hydrogen) atoms. The smallest absolute Gasteiger partial charge is 0.169 e. The number of hydrogen-bond donors (Lipinski definition) is 1. The van der Waals surface area contributed by atoms with E-state index in [2.05, 4.69) is 0 Å². The number of Topliss-reactive ketones (excluding diaryl/α,β-unsaturated/α-hetero) is 2. The summed E-state index contributed by atoms with van der Waals surface area (Å²) >= 11 is 0. The summed E-state index contributed by atoms with van der Waals surface area (Å²) in [5.41, 5.74) is 0.425. The summed E-state index contributed by atoms with van der Waals surface area (Å²) in [6.07, 6.45) is 0. The second kappa shape index (κ2) is 4.26. The van der Waals surface area contributed by atoms with Crippen molar-refractivity contribution in [3.8, 4) is 5.75 Å². The second-order valence-corrected chi connectivity index (χ2v) is 3.77. The molecule has 1 aromatic rings. The molecule has 0 fully saturated rings. The normalized spacial score (nSPS) is 10.4. The van der Waals surface area contributed by atoms with Crippen molar-refractivity contribution >= 4 is 11.6 Å². The van der Waals surface area contributed by atoms with Gasteiger partial charge in [-0.3, -0.25) is 9.59 Å². The van der Waals surface area contributed by atoms with Crippen LogP contribution < -0.4 is 0 Å². The van der Waals surface area contributed by atoms with Gasteiger partial charge in [0.2, 0.25) is 0 Å². The predicted molar refractivity (Wildman–Crippen MR) is 57.3 cm³/mol. The summed E-state index contributed by atoms with van der Waals surface area (Å²) < 4.78 is 0. The number of benzene rings is 1. The molecule has 0 aliphatic carbocycles. The van der Waals surface area contributed by atoms with Gasteiger partial charge in [-0.2, -0.15) is 0 Å². The van der Waals surface area contributed by atoms with Crippen molar-refractivity contribution in [1.29, 1.82) is 0 Å². The zero-order valence-corrected chi connectivity index (χ0v) is 9.07. The van der Waals surface area contributed by atoms with Crippen molar-refractivity contribution in [1.82, 2.24) is 0 Å². The molecule has 0 bridgehead atoms. The Hall–Kier alpha value is -1.64. The Balaban J connectivity index is 3.37. The van der Waals surface area contributed by atoms with Gasteiger partial charge in [0.1, 0.15) is 5.75 Å². The Morgan fingerprint density at radius 3 is 2.33 bits per heavy atom. The lowest BCUT2D eigenvalue weighted by atomic mass is 9.94. The van der Waals surface area contributed by atoms with E-state index in [4.69, 9.17) is 0 Å². The Kier molecular flexibility index (Phi) is 3.24. The van der Waals surface area contributed by atoms with Gasteiger partial charge in [0.05, 0.1) is 5.56 Å². The summed E-state index contributed by atoms with van der Waals surface area (Å²) in [6.45, 7) is 4.85. The first-order valence-corrected chi connectivity index (χ1v) is 4.82.